The average Bonchev–Trinajstić information content (AvgIpc) is 3.41. The highest BCUT2D eigenvalue weighted by Gasteiger charge is 2.33. The van der Waals surface area contributed by atoms with E-state index in [1.54, 1.807) is 73.2 Å². The molecule has 0 spiro atoms. The molecule has 0 radical (unpaired) electrons. The van der Waals surface area contributed by atoms with Crippen molar-refractivity contribution in [1.29, 1.82) is 0 Å². The van der Waals surface area contributed by atoms with E-state index in [1.165, 1.54) is 15.6 Å². The third-order valence-corrected chi connectivity index (χ3v) is 8.84. The summed E-state index contributed by atoms with van der Waals surface area (Å²) in [5, 5.41) is 7.38. The number of carbonyl (C=O) groups is 2. The van der Waals surface area contributed by atoms with E-state index in [9.17, 15) is 18.0 Å². The summed E-state index contributed by atoms with van der Waals surface area (Å²) in [6.07, 6.45) is 1.23. The van der Waals surface area contributed by atoms with Gasteiger partial charge in [-0.3, -0.25) is 9.59 Å². The Hall–Kier alpha value is -3.21. The van der Waals surface area contributed by atoms with Gasteiger partial charge in [0.2, 0.25) is 5.91 Å². The zero-order valence-electron chi connectivity index (χ0n) is 18.6. The highest BCUT2D eigenvalue weighted by Crippen LogP contribution is 2.27. The summed E-state index contributed by atoms with van der Waals surface area (Å²) in [7, 11) is -2.01. The number of nitrogens with zero attached hydrogens (tertiary/aromatic N) is 1. The third kappa shape index (κ3) is 5.46. The second kappa shape index (κ2) is 10.4. The van der Waals surface area contributed by atoms with Crippen molar-refractivity contribution in [1.82, 2.24) is 4.31 Å². The van der Waals surface area contributed by atoms with Gasteiger partial charge in [-0.1, -0.05) is 6.07 Å². The van der Waals surface area contributed by atoms with Crippen LogP contribution in [0.2, 0.25) is 0 Å². The second-order valence-electron chi connectivity index (χ2n) is 7.88. The van der Waals surface area contributed by atoms with E-state index in [0.717, 1.165) is 0 Å². The lowest BCUT2D eigenvalue weighted by Crippen LogP contribution is -2.43. The Bertz CT molecular complexity index is 1240. The van der Waals surface area contributed by atoms with E-state index in [4.69, 9.17) is 4.74 Å². The van der Waals surface area contributed by atoms with Crippen LogP contribution in [-0.4, -0.2) is 44.7 Å². The maximum absolute atomic E-state index is 12.8. The van der Waals surface area contributed by atoms with Crippen molar-refractivity contribution in [3.05, 3.63) is 71.6 Å². The van der Waals surface area contributed by atoms with Crippen molar-refractivity contribution in [2.45, 2.75) is 17.1 Å². The number of hydrogen-bond donors (Lipinski definition) is 2. The summed E-state index contributed by atoms with van der Waals surface area (Å²) >= 11 is 1.17. The molecule has 0 unspecified atom stereocenters. The number of thiophene rings is 1. The predicted octanol–water partition coefficient (Wildman–Crippen LogP) is 4.05. The first-order chi connectivity index (χ1) is 16.4. The van der Waals surface area contributed by atoms with Crippen LogP contribution in [0.15, 0.2) is 70.3 Å². The van der Waals surface area contributed by atoms with Crippen LogP contribution < -0.4 is 15.4 Å². The number of methoxy groups -OCH3 is 1. The fourth-order valence-corrected chi connectivity index (χ4v) is 6.41. The van der Waals surface area contributed by atoms with E-state index in [-0.39, 0.29) is 22.6 Å². The lowest BCUT2D eigenvalue weighted by atomic mass is 9.98. The molecule has 0 aliphatic carbocycles. The Morgan fingerprint density at radius 2 is 1.68 bits per heavy atom. The fraction of sp³-hybridized carbons (Fsp3) is 0.250. The topological polar surface area (TPSA) is 105 Å². The van der Waals surface area contributed by atoms with E-state index in [2.05, 4.69) is 10.6 Å². The minimum atomic E-state index is -3.58. The van der Waals surface area contributed by atoms with Crippen molar-refractivity contribution < 1.29 is 22.7 Å². The molecule has 2 aromatic carbocycles. The first kappa shape index (κ1) is 23.9. The monoisotopic (exact) mass is 499 g/mol. The molecule has 8 nitrogen and oxygen atoms in total. The van der Waals surface area contributed by atoms with Gasteiger partial charge in [-0.2, -0.15) is 4.31 Å². The molecule has 34 heavy (non-hydrogen) atoms. The molecule has 1 fully saturated rings. The maximum Gasteiger partial charge on any atom is 0.255 e. The van der Waals surface area contributed by atoms with Crippen LogP contribution in [-0.2, 0) is 14.8 Å². The smallest absolute Gasteiger partial charge is 0.255 e. The lowest BCUT2D eigenvalue weighted by Gasteiger charge is -2.30. The molecule has 3 aromatic rings. The van der Waals surface area contributed by atoms with E-state index >= 15 is 0 Å². The predicted molar refractivity (Wildman–Crippen MR) is 132 cm³/mol. The van der Waals surface area contributed by atoms with E-state index in [1.807, 2.05) is 0 Å². The molecule has 2 N–H and O–H groups in total. The molecular formula is C24H25N3O5S2. The largest absolute Gasteiger partial charge is 0.497 e. The molecule has 1 aliphatic rings. The number of rotatable bonds is 7. The minimum Gasteiger partial charge on any atom is -0.497 e. The van der Waals surface area contributed by atoms with Gasteiger partial charge in [-0.15, -0.1) is 11.3 Å². The number of benzene rings is 2. The standard InChI is InChI=1S/C24H25N3O5S2/c1-32-21-12-10-20(11-13-21)25-23(28)17-6-8-19(9-7-17)26-24(29)18-4-2-14-27(16-18)34(30,31)22-5-3-15-33-22/h3,5-13,15,18H,2,4,14,16H2,1H3,(H,25,28)(H,26,29)/t18-/m1/s1. The van der Waals surface area contributed by atoms with Crippen LogP contribution in [0.5, 0.6) is 5.75 Å². The Morgan fingerprint density at radius 1 is 1.00 bits per heavy atom. The first-order valence-electron chi connectivity index (χ1n) is 10.8. The molecule has 2 heterocycles. The number of anilines is 2. The van der Waals surface area contributed by atoms with Crippen molar-refractivity contribution >= 4 is 44.5 Å². The summed E-state index contributed by atoms with van der Waals surface area (Å²) in [6.45, 7) is 0.552. The Labute approximate surface area is 202 Å². The van der Waals surface area contributed by atoms with Crippen LogP contribution >= 0.6 is 11.3 Å². The van der Waals surface area contributed by atoms with Crippen LogP contribution in [0.1, 0.15) is 23.2 Å². The zero-order valence-corrected chi connectivity index (χ0v) is 20.2. The van der Waals surface area contributed by atoms with Crippen molar-refractivity contribution in [3.63, 3.8) is 0 Å². The van der Waals surface area contributed by atoms with E-state index < -0.39 is 15.9 Å². The van der Waals surface area contributed by atoms with Gasteiger partial charge in [0, 0.05) is 30.0 Å². The molecule has 178 valence electrons. The molecule has 1 saturated heterocycles. The van der Waals surface area contributed by atoms with Gasteiger partial charge in [-0.25, -0.2) is 8.42 Å². The van der Waals surface area contributed by atoms with Gasteiger partial charge in [0.25, 0.3) is 15.9 Å². The van der Waals surface area contributed by atoms with Gasteiger partial charge in [0.15, 0.2) is 0 Å². The van der Waals surface area contributed by atoms with Crippen molar-refractivity contribution in [2.75, 3.05) is 30.8 Å². The number of ether oxygens (including phenoxy) is 1. The number of hydrogen-bond acceptors (Lipinski definition) is 6. The van der Waals surface area contributed by atoms with Crippen LogP contribution in [0.25, 0.3) is 0 Å². The SMILES string of the molecule is COc1ccc(NC(=O)c2ccc(NC(=O)[C@@H]3CCCN(S(=O)(=O)c4cccs4)C3)cc2)cc1. The number of piperidine rings is 1. The molecule has 10 heteroatoms. The molecular weight excluding hydrogens is 474 g/mol. The van der Waals surface area contributed by atoms with Gasteiger partial charge >= 0.3 is 0 Å². The van der Waals surface area contributed by atoms with E-state index in [0.29, 0.717) is 42.1 Å². The van der Waals surface area contributed by atoms with Crippen molar-refractivity contribution in [3.8, 4) is 5.75 Å². The minimum absolute atomic E-state index is 0.147. The highest BCUT2D eigenvalue weighted by molar-refractivity contribution is 7.91. The zero-order chi connectivity index (χ0) is 24.1. The highest BCUT2D eigenvalue weighted by atomic mass is 32.2. The number of amides is 2. The molecule has 1 aromatic heterocycles. The van der Waals surface area contributed by atoms with Crippen LogP contribution in [0.3, 0.4) is 0 Å². The molecule has 0 saturated carbocycles. The summed E-state index contributed by atoms with van der Waals surface area (Å²) < 4.78 is 32.4. The quantitative estimate of drug-likeness (QED) is 0.510. The number of nitrogens with one attached hydrogen (secondary N) is 2. The molecule has 0 bridgehead atoms. The lowest BCUT2D eigenvalue weighted by molar-refractivity contribution is -0.120. The average molecular weight is 500 g/mol. The van der Waals surface area contributed by atoms with Gasteiger partial charge < -0.3 is 15.4 Å². The number of sulfonamides is 1. The van der Waals surface area contributed by atoms with Crippen LogP contribution in [0, 0.1) is 5.92 Å². The molecule has 2 amide bonds. The third-order valence-electron chi connectivity index (χ3n) is 5.61. The Morgan fingerprint density at radius 3 is 2.32 bits per heavy atom. The Kier molecular flexibility index (Phi) is 7.30. The van der Waals surface area contributed by atoms with Gasteiger partial charge in [-0.05, 0) is 72.8 Å². The number of carbonyl (C=O) groups excluding carboxylic acids is 2. The summed E-state index contributed by atoms with van der Waals surface area (Å²) in [6, 6.07) is 16.9. The summed E-state index contributed by atoms with van der Waals surface area (Å²) in [4.78, 5) is 25.3. The van der Waals surface area contributed by atoms with Crippen molar-refractivity contribution in [2.24, 2.45) is 5.92 Å². The first-order valence-corrected chi connectivity index (χ1v) is 13.1. The van der Waals surface area contributed by atoms with Gasteiger partial charge in [0.05, 0.1) is 13.0 Å². The normalized spacial score (nSPS) is 16.6. The maximum atomic E-state index is 12.8. The molecule has 1 atom stereocenters. The summed E-state index contributed by atoms with van der Waals surface area (Å²) in [5.41, 5.74) is 1.63. The molecule has 1 aliphatic heterocycles. The summed E-state index contributed by atoms with van der Waals surface area (Å²) in [5.74, 6) is -0.254. The van der Waals surface area contributed by atoms with Crippen LogP contribution in [0.4, 0.5) is 11.4 Å². The molecule has 4 rings (SSSR count). The van der Waals surface area contributed by atoms with Gasteiger partial charge in [0.1, 0.15) is 9.96 Å². The second-order valence-corrected chi connectivity index (χ2v) is 11.0. The fourth-order valence-electron chi connectivity index (χ4n) is 3.74. The Balaban J connectivity index is 1.35.